The molecule has 0 nitrogen and oxygen atoms in total. The summed E-state index contributed by atoms with van der Waals surface area (Å²) in [4.78, 5) is 0. The summed E-state index contributed by atoms with van der Waals surface area (Å²) in [5.74, 6) is 0. The van der Waals surface area contributed by atoms with Crippen LogP contribution in [0, 0.1) is 41.5 Å². The number of allylic oxidation sites excluding steroid dienone is 2. The number of rotatable bonds is 6. The molecule has 2 atom stereocenters. The predicted molar refractivity (Wildman–Crippen MR) is 184 cm³/mol. The maximum atomic E-state index is 2.66. The smallest absolute Gasteiger partial charge is 1.00 e. The Kier molecular flexibility index (Phi) is 9.71. The fourth-order valence-corrected chi connectivity index (χ4v) is 26.9. The van der Waals surface area contributed by atoms with Crippen molar-refractivity contribution >= 4 is 12.2 Å². The van der Waals surface area contributed by atoms with Crippen LogP contribution in [0.25, 0.3) is 34.4 Å². The van der Waals surface area contributed by atoms with Crippen molar-refractivity contribution in [2.75, 3.05) is 0 Å². The average molecular weight is 713 g/mol. The van der Waals surface area contributed by atoms with E-state index in [1.165, 1.54) is 52.8 Å². The van der Waals surface area contributed by atoms with Gasteiger partial charge in [-0.3, -0.25) is 0 Å². The molecule has 1 saturated heterocycles. The molecule has 1 fully saturated rings. The van der Waals surface area contributed by atoms with Gasteiger partial charge in [0.25, 0.3) is 0 Å². The fourth-order valence-electron chi connectivity index (χ4n) is 8.65. The van der Waals surface area contributed by atoms with Gasteiger partial charge in [-0.1, -0.05) is 0 Å². The summed E-state index contributed by atoms with van der Waals surface area (Å²) < 4.78 is 4.40. The van der Waals surface area contributed by atoms with Gasteiger partial charge in [-0.25, -0.2) is 0 Å². The second-order valence-electron chi connectivity index (χ2n) is 13.9. The normalized spacial score (nSPS) is 18.0. The molecule has 3 aliphatic rings. The van der Waals surface area contributed by atoms with Crippen LogP contribution in [0.2, 0.25) is 8.26 Å². The Hall–Kier alpha value is -2.18. The van der Waals surface area contributed by atoms with E-state index in [0.717, 1.165) is 12.8 Å². The van der Waals surface area contributed by atoms with Gasteiger partial charge >= 0.3 is 266 Å². The molecule has 0 saturated carbocycles. The summed E-state index contributed by atoms with van der Waals surface area (Å²) in [6.45, 7) is 18.8. The monoisotopic (exact) mass is 710 g/mol. The quantitative estimate of drug-likeness (QED) is 0.221. The number of hydrogen-bond acceptors (Lipinski definition) is 0. The van der Waals surface area contributed by atoms with Crippen LogP contribution in [0.1, 0.15) is 89.6 Å². The van der Waals surface area contributed by atoms with E-state index in [2.05, 4.69) is 128 Å². The van der Waals surface area contributed by atoms with Crippen molar-refractivity contribution in [2.24, 2.45) is 0 Å². The number of fused-ring (bicyclic) bond motifs is 2. The fraction of sp³-hybridized carbons (Fsp3) is 0.333. The van der Waals surface area contributed by atoms with E-state index in [0.29, 0.717) is 7.25 Å². The first-order valence-electron chi connectivity index (χ1n) is 16.5. The van der Waals surface area contributed by atoms with Gasteiger partial charge in [0, 0.05) is 0 Å². The first-order valence-corrected chi connectivity index (χ1v) is 22.8. The van der Waals surface area contributed by atoms with Crippen LogP contribution in [0.3, 0.4) is 0 Å². The molecular formula is C42H46Cl2Zr. The van der Waals surface area contributed by atoms with Crippen LogP contribution < -0.4 is 24.8 Å². The summed E-state index contributed by atoms with van der Waals surface area (Å²) in [7, 11) is 0. The van der Waals surface area contributed by atoms with E-state index in [1.54, 1.807) is 44.5 Å². The molecule has 0 amide bonds. The molecule has 0 bridgehead atoms. The third-order valence-electron chi connectivity index (χ3n) is 11.4. The molecule has 0 radical (unpaired) electrons. The van der Waals surface area contributed by atoms with Crippen LogP contribution >= 0.6 is 0 Å². The number of hydrogen-bond donors (Lipinski definition) is 0. The maximum Gasteiger partial charge on any atom is -1.00 e. The predicted octanol–water partition coefficient (Wildman–Crippen LogP) is 6.28. The van der Waals surface area contributed by atoms with E-state index in [9.17, 15) is 0 Å². The van der Waals surface area contributed by atoms with Crippen molar-refractivity contribution in [1.82, 2.24) is 0 Å². The molecule has 0 aromatic heterocycles. The summed E-state index contributed by atoms with van der Waals surface area (Å²) in [6.07, 6.45) is 7.64. The summed E-state index contributed by atoms with van der Waals surface area (Å²) >= 11 is -2.80. The van der Waals surface area contributed by atoms with Gasteiger partial charge in [0.05, 0.1) is 0 Å². The minimum atomic E-state index is -2.80. The number of halogens is 2. The van der Waals surface area contributed by atoms with Gasteiger partial charge < -0.3 is 24.8 Å². The molecule has 4 aromatic carbocycles. The third-order valence-corrected chi connectivity index (χ3v) is 24.3. The molecule has 4 aromatic rings. The van der Waals surface area contributed by atoms with Gasteiger partial charge in [-0.2, -0.15) is 0 Å². The molecule has 2 aliphatic carbocycles. The van der Waals surface area contributed by atoms with E-state index >= 15 is 0 Å². The molecule has 232 valence electrons. The zero-order valence-electron chi connectivity index (χ0n) is 28.2. The Balaban J connectivity index is 0.00000200. The molecule has 0 spiro atoms. The van der Waals surface area contributed by atoms with Crippen molar-refractivity contribution in [3.8, 4) is 22.3 Å². The van der Waals surface area contributed by atoms with E-state index in [-0.39, 0.29) is 24.8 Å². The van der Waals surface area contributed by atoms with E-state index < -0.39 is 20.3 Å². The molecule has 0 N–H and O–H groups in total. The number of benzene rings is 4. The van der Waals surface area contributed by atoms with E-state index in [1.807, 2.05) is 0 Å². The third kappa shape index (κ3) is 5.40. The summed E-state index contributed by atoms with van der Waals surface area (Å²) in [5.41, 5.74) is 24.3. The van der Waals surface area contributed by atoms with Gasteiger partial charge in [0.15, 0.2) is 0 Å². The average Bonchev–Trinajstić information content (AvgIpc) is 3.53. The Morgan fingerprint density at radius 2 is 0.911 bits per heavy atom. The Bertz CT molecular complexity index is 1700. The maximum absolute atomic E-state index is 2.80. The van der Waals surface area contributed by atoms with Crippen LogP contribution in [-0.2, 0) is 20.3 Å². The molecule has 1 aliphatic heterocycles. The topological polar surface area (TPSA) is 0 Å². The molecule has 1 heterocycles. The second-order valence-corrected chi connectivity index (χ2v) is 25.2. The van der Waals surface area contributed by atoms with Crippen molar-refractivity contribution in [2.45, 2.75) is 83.7 Å². The summed E-state index contributed by atoms with van der Waals surface area (Å²) in [6, 6.07) is 23.4. The minimum Gasteiger partial charge on any atom is -1.00 e. The minimum absolute atomic E-state index is 0. The Morgan fingerprint density at radius 3 is 1.22 bits per heavy atom. The second kappa shape index (κ2) is 12.8. The van der Waals surface area contributed by atoms with Gasteiger partial charge in [-0.05, 0) is 0 Å². The SMILES string of the molecule is CCC1=Cc2c(-c3ccc(C)cc3)cc(C)c(C)c2[CH]1[Zr+2]1([CH]2C(CC)=Cc3c(-c4ccc(C)cc4)cc(C)c(C)c32)[CH2][CH2]1.[Cl-].[Cl-]. The molecule has 7 rings (SSSR count). The zero-order valence-corrected chi connectivity index (χ0v) is 32.1. The van der Waals surface area contributed by atoms with Crippen LogP contribution in [-0.4, -0.2) is 0 Å². The molecular weight excluding hydrogens is 667 g/mol. The standard InChI is InChI=1S/2C20H21.C2H4.2ClH.Zr/c2*1-5-16-11-18-15(4)14(3)10-19(20(18)12-16)17-8-6-13(2)7-9-17;1-2;;;/h2*6-12H,5H2,1-4H3;1-2H2;2*1H;/q;;;;;+2/p-2. The van der Waals surface area contributed by atoms with Crippen LogP contribution in [0.15, 0.2) is 71.8 Å². The van der Waals surface area contributed by atoms with Crippen molar-refractivity contribution < 1.29 is 45.1 Å². The molecule has 3 heteroatoms. The van der Waals surface area contributed by atoms with Gasteiger partial charge in [0.2, 0.25) is 0 Å². The van der Waals surface area contributed by atoms with Crippen molar-refractivity contribution in [1.29, 1.82) is 0 Å². The number of aryl methyl sites for hydroxylation is 4. The Labute approximate surface area is 288 Å². The van der Waals surface area contributed by atoms with Crippen molar-refractivity contribution in [3.05, 3.63) is 127 Å². The first-order chi connectivity index (χ1) is 20.7. The molecule has 45 heavy (non-hydrogen) atoms. The van der Waals surface area contributed by atoms with Crippen molar-refractivity contribution in [3.63, 3.8) is 0 Å². The zero-order chi connectivity index (χ0) is 30.2. The van der Waals surface area contributed by atoms with E-state index in [4.69, 9.17) is 0 Å². The summed E-state index contributed by atoms with van der Waals surface area (Å²) in [5, 5.41) is 0. The largest absolute Gasteiger partial charge is 1.00 e. The van der Waals surface area contributed by atoms with Gasteiger partial charge in [0.1, 0.15) is 0 Å². The first kappa shape index (κ1) is 34.2. The molecule has 2 unspecified atom stereocenters. The van der Waals surface area contributed by atoms with Crippen LogP contribution in [0.5, 0.6) is 0 Å². The van der Waals surface area contributed by atoms with Crippen LogP contribution in [0.4, 0.5) is 0 Å². The Morgan fingerprint density at radius 1 is 0.556 bits per heavy atom. The van der Waals surface area contributed by atoms with Gasteiger partial charge in [-0.15, -0.1) is 0 Å².